The van der Waals surface area contributed by atoms with Gasteiger partial charge in [0.15, 0.2) is 0 Å². The number of ether oxygens (including phenoxy) is 1. The van der Waals surface area contributed by atoms with E-state index in [1.165, 1.54) is 6.92 Å². The lowest BCUT2D eigenvalue weighted by atomic mass is 9.88. The Morgan fingerprint density at radius 3 is 2.38 bits per heavy atom. The Kier molecular flexibility index (Phi) is 9.36. The molecule has 3 atom stereocenters. The molecule has 0 aromatic heterocycles. The third-order valence-electron chi connectivity index (χ3n) is 4.15. The van der Waals surface area contributed by atoms with Gasteiger partial charge in [-0.25, -0.2) is 9.59 Å². The van der Waals surface area contributed by atoms with E-state index >= 15 is 0 Å². The molecular weight excluding hydrogens is 338 g/mol. The number of benzene rings is 1. The van der Waals surface area contributed by atoms with Crippen LogP contribution < -0.4 is 5.32 Å². The minimum Gasteiger partial charge on any atom is -0.475 e. The van der Waals surface area contributed by atoms with Gasteiger partial charge >= 0.3 is 12.1 Å². The largest absolute Gasteiger partial charge is 0.475 e. The average Bonchev–Trinajstić information content (AvgIpc) is 2.63. The molecule has 0 aliphatic carbocycles. The first kappa shape index (κ1) is 21.6. The number of nitrogens with one attached hydrogen (secondary N) is 1. The van der Waals surface area contributed by atoms with E-state index in [-0.39, 0.29) is 13.0 Å². The van der Waals surface area contributed by atoms with Gasteiger partial charge in [0.2, 0.25) is 5.78 Å². The second-order valence-electron chi connectivity index (χ2n) is 6.26. The standard InChI is InChI=1S/C19H27NO6/c1-3-4-6-11-15(17(22)18(23)24)16(21)13(2)20-19(25)26-12-14-9-7-5-8-10-14/h5,7-10,13,15-16,21H,3-4,6,11-12H2,1-2H3,(H,20,25)(H,23,24)/t13-,15?,16?/m1/s1. The zero-order valence-electron chi connectivity index (χ0n) is 15.2. The van der Waals surface area contributed by atoms with E-state index in [1.54, 1.807) is 12.1 Å². The maximum absolute atomic E-state index is 11.9. The number of hydrogen-bond acceptors (Lipinski definition) is 5. The number of amides is 1. The molecule has 0 spiro atoms. The van der Waals surface area contributed by atoms with Crippen LogP contribution in [0.2, 0.25) is 0 Å². The summed E-state index contributed by atoms with van der Waals surface area (Å²) in [5.74, 6) is -3.69. The van der Waals surface area contributed by atoms with Gasteiger partial charge in [0.25, 0.3) is 0 Å². The van der Waals surface area contributed by atoms with Crippen molar-refractivity contribution < 1.29 is 29.3 Å². The maximum atomic E-state index is 11.9. The van der Waals surface area contributed by atoms with Crippen molar-refractivity contribution in [2.75, 3.05) is 0 Å². The van der Waals surface area contributed by atoms with Gasteiger partial charge in [0.1, 0.15) is 6.61 Å². The highest BCUT2D eigenvalue weighted by molar-refractivity contribution is 6.33. The van der Waals surface area contributed by atoms with Crippen LogP contribution in [0.5, 0.6) is 0 Å². The summed E-state index contributed by atoms with van der Waals surface area (Å²) in [5, 5.41) is 21.8. The molecule has 0 fully saturated rings. The zero-order valence-corrected chi connectivity index (χ0v) is 15.2. The third-order valence-corrected chi connectivity index (χ3v) is 4.15. The number of unbranched alkanes of at least 4 members (excludes halogenated alkanes) is 2. The fraction of sp³-hybridized carbons (Fsp3) is 0.526. The highest BCUT2D eigenvalue weighted by Gasteiger charge is 2.34. The second-order valence-corrected chi connectivity index (χ2v) is 6.26. The summed E-state index contributed by atoms with van der Waals surface area (Å²) in [7, 11) is 0. The minimum absolute atomic E-state index is 0.0729. The quantitative estimate of drug-likeness (QED) is 0.410. The van der Waals surface area contributed by atoms with Crippen molar-refractivity contribution in [1.82, 2.24) is 5.32 Å². The molecule has 0 saturated heterocycles. The SMILES string of the molecule is CCCCCC(C(=O)C(=O)O)C(O)[C@@H](C)NC(=O)OCc1ccccc1. The molecule has 0 aliphatic heterocycles. The fourth-order valence-corrected chi connectivity index (χ4v) is 2.61. The number of carboxylic acid groups (broad SMARTS) is 1. The molecule has 1 aromatic carbocycles. The molecule has 0 bridgehead atoms. The number of carboxylic acids is 1. The number of aliphatic hydroxyl groups excluding tert-OH is 1. The Hall–Kier alpha value is -2.41. The molecule has 0 radical (unpaired) electrons. The Labute approximate surface area is 153 Å². The average molecular weight is 365 g/mol. The normalized spacial score (nSPS) is 14.1. The summed E-state index contributed by atoms with van der Waals surface area (Å²) in [6.45, 7) is 3.57. The highest BCUT2D eigenvalue weighted by atomic mass is 16.5. The van der Waals surface area contributed by atoms with E-state index in [0.717, 1.165) is 18.4 Å². The van der Waals surface area contributed by atoms with Gasteiger partial charge in [-0.2, -0.15) is 0 Å². The summed E-state index contributed by atoms with van der Waals surface area (Å²) in [4.78, 5) is 34.8. The highest BCUT2D eigenvalue weighted by Crippen LogP contribution is 2.18. The van der Waals surface area contributed by atoms with Crippen molar-refractivity contribution in [3.63, 3.8) is 0 Å². The van der Waals surface area contributed by atoms with Crippen molar-refractivity contribution in [1.29, 1.82) is 0 Å². The number of alkyl carbamates (subject to hydrolysis) is 1. The first-order valence-electron chi connectivity index (χ1n) is 8.79. The number of hydrogen-bond donors (Lipinski definition) is 3. The molecule has 1 rings (SSSR count). The summed E-state index contributed by atoms with van der Waals surface area (Å²) in [6, 6.07) is 8.28. The molecule has 0 aliphatic rings. The van der Waals surface area contributed by atoms with Crippen LogP contribution in [0.3, 0.4) is 0 Å². The van der Waals surface area contributed by atoms with Crippen molar-refractivity contribution >= 4 is 17.8 Å². The van der Waals surface area contributed by atoms with Crippen molar-refractivity contribution in [3.8, 4) is 0 Å². The molecule has 144 valence electrons. The molecule has 2 unspecified atom stereocenters. The lowest BCUT2D eigenvalue weighted by molar-refractivity contribution is -0.153. The number of aliphatic hydroxyl groups is 1. The number of rotatable bonds is 11. The molecule has 26 heavy (non-hydrogen) atoms. The number of Topliss-reactive ketones (excluding diaryl/α,β-unsaturated/α-hetero) is 1. The summed E-state index contributed by atoms with van der Waals surface area (Å²) in [6.07, 6.45) is 0.573. The molecule has 0 heterocycles. The van der Waals surface area contributed by atoms with Crippen LogP contribution in [-0.2, 0) is 20.9 Å². The van der Waals surface area contributed by atoms with Crippen LogP contribution in [0.4, 0.5) is 4.79 Å². The topological polar surface area (TPSA) is 113 Å². The molecule has 0 saturated carbocycles. The van der Waals surface area contributed by atoms with Gasteiger partial charge in [-0.05, 0) is 18.9 Å². The van der Waals surface area contributed by atoms with E-state index in [4.69, 9.17) is 9.84 Å². The van der Waals surface area contributed by atoms with E-state index in [1.807, 2.05) is 25.1 Å². The molecule has 7 nitrogen and oxygen atoms in total. The van der Waals surface area contributed by atoms with Gasteiger partial charge in [-0.1, -0.05) is 56.5 Å². The first-order chi connectivity index (χ1) is 12.4. The van der Waals surface area contributed by atoms with Gasteiger partial charge < -0.3 is 20.3 Å². The number of ketones is 1. The molecule has 7 heteroatoms. The van der Waals surface area contributed by atoms with Crippen LogP contribution in [0.25, 0.3) is 0 Å². The molecule has 3 N–H and O–H groups in total. The Morgan fingerprint density at radius 2 is 1.81 bits per heavy atom. The molecule has 1 aromatic rings. The van der Waals surface area contributed by atoms with Crippen molar-refractivity contribution in [2.24, 2.45) is 5.92 Å². The summed E-state index contributed by atoms with van der Waals surface area (Å²) in [5.41, 5.74) is 0.814. The second kappa shape index (κ2) is 11.3. The van der Waals surface area contributed by atoms with Crippen LogP contribution in [0.1, 0.15) is 45.1 Å². The smallest absolute Gasteiger partial charge is 0.407 e. The maximum Gasteiger partial charge on any atom is 0.407 e. The predicted molar refractivity (Wildman–Crippen MR) is 95.5 cm³/mol. The van der Waals surface area contributed by atoms with Crippen molar-refractivity contribution in [2.45, 2.75) is 58.3 Å². The van der Waals surface area contributed by atoms with Crippen LogP contribution in [-0.4, -0.2) is 40.2 Å². The van der Waals surface area contributed by atoms with E-state index in [2.05, 4.69) is 5.32 Å². The fourth-order valence-electron chi connectivity index (χ4n) is 2.61. The van der Waals surface area contributed by atoms with Crippen molar-refractivity contribution in [3.05, 3.63) is 35.9 Å². The van der Waals surface area contributed by atoms with Gasteiger partial charge in [-0.3, -0.25) is 4.79 Å². The van der Waals surface area contributed by atoms with E-state index < -0.39 is 35.9 Å². The third kappa shape index (κ3) is 7.23. The Bertz CT molecular complexity index is 589. The minimum atomic E-state index is -1.58. The predicted octanol–water partition coefficient (Wildman–Crippen LogP) is 2.51. The Morgan fingerprint density at radius 1 is 1.15 bits per heavy atom. The number of aliphatic carboxylic acids is 1. The number of carbonyl (C=O) groups is 3. The summed E-state index contributed by atoms with van der Waals surface area (Å²) < 4.78 is 5.07. The zero-order chi connectivity index (χ0) is 19.5. The lowest BCUT2D eigenvalue weighted by Crippen LogP contribution is -2.47. The summed E-state index contributed by atoms with van der Waals surface area (Å²) >= 11 is 0. The van der Waals surface area contributed by atoms with Gasteiger partial charge in [0, 0.05) is 0 Å². The number of carbonyl (C=O) groups excluding carboxylic acids is 2. The van der Waals surface area contributed by atoms with Gasteiger partial charge in [-0.15, -0.1) is 0 Å². The van der Waals surface area contributed by atoms with Gasteiger partial charge in [0.05, 0.1) is 18.1 Å². The van der Waals surface area contributed by atoms with Crippen LogP contribution in [0, 0.1) is 5.92 Å². The van der Waals surface area contributed by atoms with Crippen LogP contribution in [0.15, 0.2) is 30.3 Å². The van der Waals surface area contributed by atoms with E-state index in [9.17, 15) is 19.5 Å². The Balaban J connectivity index is 2.59. The monoisotopic (exact) mass is 365 g/mol. The molecule has 1 amide bonds. The van der Waals surface area contributed by atoms with Crippen LogP contribution >= 0.6 is 0 Å². The van der Waals surface area contributed by atoms with E-state index in [0.29, 0.717) is 6.42 Å². The molecular formula is C19H27NO6. The lowest BCUT2D eigenvalue weighted by Gasteiger charge is -2.26. The first-order valence-corrected chi connectivity index (χ1v) is 8.79.